The van der Waals surface area contributed by atoms with Gasteiger partial charge in [0.15, 0.2) is 0 Å². The summed E-state index contributed by atoms with van der Waals surface area (Å²) in [6.45, 7) is 10.9. The van der Waals surface area contributed by atoms with Crippen LogP contribution in [0.3, 0.4) is 0 Å². The first kappa shape index (κ1) is 21.5. The zero-order chi connectivity index (χ0) is 22.2. The maximum atomic E-state index is 5.73. The topological polar surface area (TPSA) is 9.72 Å². The van der Waals surface area contributed by atoms with Crippen LogP contribution in [-0.4, -0.2) is 49.2 Å². The summed E-state index contributed by atoms with van der Waals surface area (Å²) in [6.07, 6.45) is 9.17. The third-order valence-electron chi connectivity index (χ3n) is 7.38. The molecule has 31 heavy (non-hydrogen) atoms. The van der Waals surface area contributed by atoms with Gasteiger partial charge in [0.1, 0.15) is 0 Å². The van der Waals surface area contributed by atoms with E-state index in [1.165, 1.54) is 28.8 Å². The Morgan fingerprint density at radius 2 is 1.97 bits per heavy atom. The summed E-state index contributed by atoms with van der Waals surface area (Å²) in [5.74, 6) is 2.84. The van der Waals surface area contributed by atoms with Gasteiger partial charge in [-0.15, -0.1) is 6.42 Å². The summed E-state index contributed by atoms with van der Waals surface area (Å²) >= 11 is 0. The lowest BCUT2D eigenvalue weighted by Crippen LogP contribution is -2.45. The average Bonchev–Trinajstić information content (AvgIpc) is 3.18. The van der Waals surface area contributed by atoms with Crippen LogP contribution in [0.25, 0.3) is 0 Å². The molecule has 3 atom stereocenters. The normalized spacial score (nSPS) is 23.2. The number of terminal acetylenes is 1. The van der Waals surface area contributed by atoms with Crippen molar-refractivity contribution in [2.45, 2.75) is 50.7 Å². The Bertz CT molecular complexity index is 989. The van der Waals surface area contributed by atoms with E-state index in [-0.39, 0.29) is 5.41 Å². The molecule has 0 aromatic heterocycles. The lowest BCUT2D eigenvalue weighted by Gasteiger charge is -2.32. The van der Waals surface area contributed by atoms with Crippen molar-refractivity contribution in [1.29, 1.82) is 0 Å². The van der Waals surface area contributed by atoms with Gasteiger partial charge in [0.25, 0.3) is 0 Å². The van der Waals surface area contributed by atoms with Crippen molar-refractivity contribution in [2.75, 3.05) is 32.1 Å². The van der Waals surface area contributed by atoms with E-state index in [4.69, 9.17) is 6.42 Å². The van der Waals surface area contributed by atoms with Gasteiger partial charge in [-0.2, -0.15) is 0 Å². The first-order valence-electron chi connectivity index (χ1n) is 11.3. The van der Waals surface area contributed by atoms with E-state index in [0.717, 1.165) is 25.1 Å². The molecule has 0 aliphatic carbocycles. The highest BCUT2D eigenvalue weighted by molar-refractivity contribution is 5.65. The molecule has 2 aliphatic heterocycles. The van der Waals surface area contributed by atoms with Crippen molar-refractivity contribution < 1.29 is 0 Å². The highest BCUT2D eigenvalue weighted by Crippen LogP contribution is 2.51. The molecule has 2 aromatic carbocycles. The van der Waals surface area contributed by atoms with Crippen LogP contribution in [0, 0.1) is 12.3 Å². The number of hydrogen-bond acceptors (Lipinski definition) is 3. The third kappa shape index (κ3) is 3.86. The molecule has 162 valence electrons. The zero-order valence-electron chi connectivity index (χ0n) is 19.4. The van der Waals surface area contributed by atoms with Gasteiger partial charge in [-0.05, 0) is 49.6 Å². The van der Waals surface area contributed by atoms with Crippen molar-refractivity contribution in [1.82, 2.24) is 9.80 Å². The molecule has 0 saturated carbocycles. The summed E-state index contributed by atoms with van der Waals surface area (Å²) < 4.78 is 0. The average molecular weight is 414 g/mol. The largest absolute Gasteiger partial charge is 0.361 e. The van der Waals surface area contributed by atoms with Crippen molar-refractivity contribution in [2.24, 2.45) is 0 Å². The number of benzene rings is 2. The molecular formula is C28H35N3. The van der Waals surface area contributed by atoms with Gasteiger partial charge in [0.2, 0.25) is 0 Å². The molecule has 0 amide bonds. The number of likely N-dealkylation sites (tertiary alicyclic amines) is 1. The maximum Gasteiger partial charge on any atom is 0.0911 e. The van der Waals surface area contributed by atoms with E-state index in [2.05, 4.69) is 104 Å². The second-order valence-corrected chi connectivity index (χ2v) is 9.60. The molecule has 4 rings (SSSR count). The molecule has 1 fully saturated rings. The van der Waals surface area contributed by atoms with Crippen molar-refractivity contribution >= 4 is 5.69 Å². The van der Waals surface area contributed by atoms with E-state index in [1.54, 1.807) is 0 Å². The SMILES string of the molecule is C#CCN(C(=C)Cc1ccc2c(c1)[C@]1(C)CCN(C)[C@@H]1N2C)C(C)Cc1ccccc1. The Morgan fingerprint density at radius 1 is 1.23 bits per heavy atom. The molecule has 0 N–H and O–H groups in total. The van der Waals surface area contributed by atoms with E-state index < -0.39 is 0 Å². The molecule has 0 radical (unpaired) electrons. The highest BCUT2D eigenvalue weighted by Gasteiger charge is 2.52. The smallest absolute Gasteiger partial charge is 0.0911 e. The number of anilines is 1. The van der Waals surface area contributed by atoms with E-state index in [9.17, 15) is 0 Å². The van der Waals surface area contributed by atoms with Crippen LogP contribution in [0.15, 0.2) is 60.8 Å². The fourth-order valence-corrected chi connectivity index (χ4v) is 5.81. The monoisotopic (exact) mass is 413 g/mol. The highest BCUT2D eigenvalue weighted by atomic mass is 15.4. The standard InChI is InChI=1S/C28H35N3/c1-7-16-31(21(2)18-23-11-9-8-10-12-23)22(3)19-24-13-14-26-25(20-24)28(4)15-17-29(5)27(28)30(26)6/h1,8-14,20-21,27H,3,15-19H2,2,4-6H3/t21?,27-,28+/m1/s1. The summed E-state index contributed by atoms with van der Waals surface area (Å²) in [4.78, 5) is 7.23. The van der Waals surface area contributed by atoms with Crippen LogP contribution in [0.2, 0.25) is 0 Å². The van der Waals surface area contributed by atoms with Crippen molar-refractivity contribution in [3.8, 4) is 12.3 Å². The second-order valence-electron chi connectivity index (χ2n) is 9.60. The molecule has 2 aromatic rings. The maximum absolute atomic E-state index is 5.73. The zero-order valence-corrected chi connectivity index (χ0v) is 19.4. The minimum Gasteiger partial charge on any atom is -0.361 e. The molecule has 3 nitrogen and oxygen atoms in total. The van der Waals surface area contributed by atoms with Crippen molar-refractivity contribution in [3.63, 3.8) is 0 Å². The number of hydrogen-bond donors (Lipinski definition) is 0. The van der Waals surface area contributed by atoms with Gasteiger partial charge in [0, 0.05) is 42.9 Å². The quantitative estimate of drug-likeness (QED) is 0.611. The summed E-state index contributed by atoms with van der Waals surface area (Å²) in [7, 11) is 4.47. The number of allylic oxidation sites excluding steroid dienone is 1. The molecule has 0 spiro atoms. The first-order valence-corrected chi connectivity index (χ1v) is 11.3. The lowest BCUT2D eigenvalue weighted by molar-refractivity contribution is 0.268. The number of rotatable bonds is 7. The Balaban J connectivity index is 1.53. The Kier molecular flexibility index (Phi) is 5.86. The lowest BCUT2D eigenvalue weighted by atomic mass is 9.80. The fourth-order valence-electron chi connectivity index (χ4n) is 5.81. The molecule has 2 heterocycles. The summed E-state index contributed by atoms with van der Waals surface area (Å²) in [5.41, 5.74) is 6.78. The Labute approximate surface area is 188 Å². The van der Waals surface area contributed by atoms with Crippen LogP contribution >= 0.6 is 0 Å². The van der Waals surface area contributed by atoms with Crippen LogP contribution in [0.1, 0.15) is 37.0 Å². The first-order chi connectivity index (χ1) is 14.8. The molecular weight excluding hydrogens is 378 g/mol. The van der Waals surface area contributed by atoms with Crippen molar-refractivity contribution in [3.05, 3.63) is 77.5 Å². The Morgan fingerprint density at radius 3 is 2.68 bits per heavy atom. The Hall–Kier alpha value is -2.70. The van der Waals surface area contributed by atoms with Gasteiger partial charge in [0.05, 0.1) is 12.7 Å². The van der Waals surface area contributed by atoms with Crippen LogP contribution in [0.5, 0.6) is 0 Å². The van der Waals surface area contributed by atoms with Gasteiger partial charge in [-0.25, -0.2) is 0 Å². The summed E-state index contributed by atoms with van der Waals surface area (Å²) in [6, 6.07) is 17.9. The van der Waals surface area contributed by atoms with Crippen LogP contribution in [0.4, 0.5) is 5.69 Å². The third-order valence-corrected chi connectivity index (χ3v) is 7.38. The van der Waals surface area contributed by atoms with Gasteiger partial charge >= 0.3 is 0 Å². The summed E-state index contributed by atoms with van der Waals surface area (Å²) in [5, 5.41) is 0. The molecule has 0 bridgehead atoms. The fraction of sp³-hybridized carbons (Fsp3) is 0.429. The number of nitrogens with zero attached hydrogens (tertiary/aromatic N) is 3. The van der Waals surface area contributed by atoms with E-state index >= 15 is 0 Å². The second kappa shape index (κ2) is 8.44. The van der Waals surface area contributed by atoms with Crippen LogP contribution in [-0.2, 0) is 18.3 Å². The van der Waals surface area contributed by atoms with E-state index in [1.807, 2.05) is 0 Å². The van der Waals surface area contributed by atoms with Gasteiger partial charge in [-0.3, -0.25) is 4.90 Å². The number of fused-ring (bicyclic) bond motifs is 3. The predicted molar refractivity (Wildman–Crippen MR) is 131 cm³/mol. The minimum absolute atomic E-state index is 0.190. The van der Waals surface area contributed by atoms with Gasteiger partial charge < -0.3 is 9.80 Å². The van der Waals surface area contributed by atoms with Gasteiger partial charge in [-0.1, -0.05) is 61.9 Å². The van der Waals surface area contributed by atoms with E-state index in [0.29, 0.717) is 18.8 Å². The molecule has 2 aliphatic rings. The van der Waals surface area contributed by atoms with Crippen LogP contribution < -0.4 is 4.90 Å². The molecule has 1 unspecified atom stereocenters. The molecule has 1 saturated heterocycles. The predicted octanol–water partition coefficient (Wildman–Crippen LogP) is 4.68. The number of likely N-dealkylation sites (N-methyl/N-ethyl adjacent to an activating group) is 2. The minimum atomic E-state index is 0.190. The molecule has 3 heteroatoms.